The van der Waals surface area contributed by atoms with Crippen LogP contribution < -0.4 is 5.32 Å². The Balaban J connectivity index is 2.24. The number of carboxylic acid groups (broad SMARTS) is 1. The summed E-state index contributed by atoms with van der Waals surface area (Å²) in [5.74, 6) is -1.64. The monoisotopic (exact) mass is 315 g/mol. The minimum atomic E-state index is -0.900. The highest BCUT2D eigenvalue weighted by Gasteiger charge is 2.19. The molecule has 2 rings (SSSR count). The van der Waals surface area contributed by atoms with Gasteiger partial charge >= 0.3 is 5.97 Å². The molecule has 1 amide bonds. The Morgan fingerprint density at radius 1 is 1.26 bits per heavy atom. The number of nitrogens with zero attached hydrogens (tertiary/aromatic N) is 2. The average molecular weight is 315 g/mol. The molecule has 0 saturated heterocycles. The van der Waals surface area contributed by atoms with Crippen LogP contribution in [0.4, 0.5) is 5.69 Å². The highest BCUT2D eigenvalue weighted by Crippen LogP contribution is 2.22. The van der Waals surface area contributed by atoms with Crippen molar-refractivity contribution >= 4 is 17.6 Å². The van der Waals surface area contributed by atoms with Gasteiger partial charge in [-0.15, -0.1) is 0 Å². The number of aliphatic carboxylic acids is 1. The lowest BCUT2D eigenvalue weighted by Crippen LogP contribution is -2.14. The van der Waals surface area contributed by atoms with E-state index in [4.69, 9.17) is 5.11 Å². The lowest BCUT2D eigenvalue weighted by molar-refractivity contribution is -0.138. The molecule has 6 heteroatoms. The zero-order chi connectivity index (χ0) is 17.1. The SMILES string of the molecule is CC(C)c1nn(C)cc1C(=O)Nc1cccc(C(C)C(=O)O)c1. The van der Waals surface area contributed by atoms with Crippen LogP contribution in [0.25, 0.3) is 0 Å². The van der Waals surface area contributed by atoms with Gasteiger partial charge in [0.25, 0.3) is 5.91 Å². The Bertz CT molecular complexity index is 734. The molecule has 122 valence electrons. The van der Waals surface area contributed by atoms with E-state index in [9.17, 15) is 9.59 Å². The molecule has 23 heavy (non-hydrogen) atoms. The molecule has 6 nitrogen and oxygen atoms in total. The third-order valence-electron chi connectivity index (χ3n) is 3.66. The average Bonchev–Trinajstić information content (AvgIpc) is 2.89. The number of carboxylic acids is 1. The first-order valence-electron chi connectivity index (χ1n) is 7.47. The van der Waals surface area contributed by atoms with Crippen LogP contribution in [0.15, 0.2) is 30.5 Å². The normalized spacial score (nSPS) is 12.2. The maximum atomic E-state index is 12.5. The van der Waals surface area contributed by atoms with E-state index in [1.807, 2.05) is 13.8 Å². The second-order valence-electron chi connectivity index (χ2n) is 5.90. The van der Waals surface area contributed by atoms with E-state index in [2.05, 4.69) is 10.4 Å². The molecule has 1 aromatic carbocycles. The standard InChI is InChI=1S/C17H21N3O3/c1-10(2)15-14(9-20(4)19-15)16(21)18-13-7-5-6-12(8-13)11(3)17(22)23/h5-11H,1-4H3,(H,18,21)(H,22,23). The molecule has 1 unspecified atom stereocenters. The van der Waals surface area contributed by atoms with Crippen LogP contribution in [-0.2, 0) is 11.8 Å². The number of hydrogen-bond acceptors (Lipinski definition) is 3. The van der Waals surface area contributed by atoms with Crippen molar-refractivity contribution in [1.82, 2.24) is 9.78 Å². The molecule has 1 atom stereocenters. The van der Waals surface area contributed by atoms with Gasteiger partial charge in [0.15, 0.2) is 0 Å². The fourth-order valence-corrected chi connectivity index (χ4v) is 2.33. The number of hydrogen-bond donors (Lipinski definition) is 2. The molecule has 0 aliphatic rings. The van der Waals surface area contributed by atoms with Gasteiger partial charge < -0.3 is 10.4 Å². The quantitative estimate of drug-likeness (QED) is 0.888. The maximum Gasteiger partial charge on any atom is 0.310 e. The van der Waals surface area contributed by atoms with Crippen molar-refractivity contribution in [2.75, 3.05) is 5.32 Å². The largest absolute Gasteiger partial charge is 0.481 e. The summed E-state index contributed by atoms with van der Waals surface area (Å²) < 4.78 is 1.62. The second-order valence-corrected chi connectivity index (χ2v) is 5.90. The Morgan fingerprint density at radius 3 is 2.57 bits per heavy atom. The molecule has 0 aliphatic heterocycles. The van der Waals surface area contributed by atoms with Crippen LogP contribution in [0, 0.1) is 0 Å². The highest BCUT2D eigenvalue weighted by molar-refractivity contribution is 6.05. The maximum absolute atomic E-state index is 12.5. The zero-order valence-electron chi connectivity index (χ0n) is 13.7. The molecule has 0 spiro atoms. The first kappa shape index (κ1) is 16.7. The molecule has 2 N–H and O–H groups in total. The zero-order valence-corrected chi connectivity index (χ0v) is 13.7. The van der Waals surface area contributed by atoms with Crippen LogP contribution in [0.3, 0.4) is 0 Å². The third kappa shape index (κ3) is 3.77. The molecule has 0 radical (unpaired) electrons. The summed E-state index contributed by atoms with van der Waals surface area (Å²) in [6, 6.07) is 6.89. The first-order chi connectivity index (χ1) is 10.8. The predicted molar refractivity (Wildman–Crippen MR) is 87.7 cm³/mol. The number of aryl methyl sites for hydroxylation is 1. The van der Waals surface area contributed by atoms with Gasteiger partial charge in [0.1, 0.15) is 0 Å². The van der Waals surface area contributed by atoms with E-state index < -0.39 is 11.9 Å². The number of nitrogens with one attached hydrogen (secondary N) is 1. The van der Waals surface area contributed by atoms with Crippen molar-refractivity contribution in [1.29, 1.82) is 0 Å². The molecule has 1 heterocycles. The van der Waals surface area contributed by atoms with Crippen molar-refractivity contribution in [2.45, 2.75) is 32.6 Å². The Hall–Kier alpha value is -2.63. The van der Waals surface area contributed by atoms with Gasteiger partial charge in [-0.3, -0.25) is 14.3 Å². The Morgan fingerprint density at radius 2 is 1.96 bits per heavy atom. The van der Waals surface area contributed by atoms with Crippen molar-refractivity contribution in [3.63, 3.8) is 0 Å². The summed E-state index contributed by atoms with van der Waals surface area (Å²) in [5, 5.41) is 16.2. The summed E-state index contributed by atoms with van der Waals surface area (Å²) in [7, 11) is 1.78. The minimum absolute atomic E-state index is 0.135. The number of aromatic nitrogens is 2. The summed E-state index contributed by atoms with van der Waals surface area (Å²) in [6.45, 7) is 5.57. The van der Waals surface area contributed by atoms with Crippen LogP contribution in [0.2, 0.25) is 0 Å². The van der Waals surface area contributed by atoms with Crippen molar-refractivity contribution in [3.8, 4) is 0 Å². The molecule has 0 bridgehead atoms. The number of rotatable bonds is 5. The van der Waals surface area contributed by atoms with Crippen molar-refractivity contribution in [3.05, 3.63) is 47.3 Å². The summed E-state index contributed by atoms with van der Waals surface area (Å²) >= 11 is 0. The molecular formula is C17H21N3O3. The van der Waals surface area contributed by atoms with Gasteiger partial charge in [-0.1, -0.05) is 26.0 Å². The van der Waals surface area contributed by atoms with Crippen molar-refractivity contribution in [2.24, 2.45) is 7.05 Å². The summed E-state index contributed by atoms with van der Waals surface area (Å²) in [5.41, 5.74) is 2.48. The number of anilines is 1. The predicted octanol–water partition coefficient (Wildman–Crippen LogP) is 2.98. The minimum Gasteiger partial charge on any atom is -0.481 e. The fourth-order valence-electron chi connectivity index (χ4n) is 2.33. The molecular weight excluding hydrogens is 294 g/mol. The Labute approximate surface area is 135 Å². The number of amides is 1. The van der Waals surface area contributed by atoms with Crippen LogP contribution in [0.1, 0.15) is 54.2 Å². The molecule has 2 aromatic rings. The third-order valence-corrected chi connectivity index (χ3v) is 3.66. The molecule has 0 aliphatic carbocycles. The topological polar surface area (TPSA) is 84.2 Å². The van der Waals surface area contributed by atoms with E-state index >= 15 is 0 Å². The van der Waals surface area contributed by atoms with E-state index in [1.165, 1.54) is 0 Å². The second kappa shape index (κ2) is 6.64. The summed E-state index contributed by atoms with van der Waals surface area (Å²) in [4.78, 5) is 23.6. The van der Waals surface area contributed by atoms with Gasteiger partial charge in [-0.2, -0.15) is 5.10 Å². The molecule has 0 saturated carbocycles. The van der Waals surface area contributed by atoms with E-state index in [0.29, 0.717) is 16.8 Å². The van der Waals surface area contributed by atoms with Gasteiger partial charge in [0.05, 0.1) is 17.2 Å². The van der Waals surface area contributed by atoms with Crippen LogP contribution >= 0.6 is 0 Å². The van der Waals surface area contributed by atoms with E-state index in [1.54, 1.807) is 49.1 Å². The van der Waals surface area contributed by atoms with Gasteiger partial charge in [-0.25, -0.2) is 0 Å². The van der Waals surface area contributed by atoms with Gasteiger partial charge in [0, 0.05) is 18.9 Å². The summed E-state index contributed by atoms with van der Waals surface area (Å²) in [6.07, 6.45) is 1.69. The van der Waals surface area contributed by atoms with Gasteiger partial charge in [0.2, 0.25) is 0 Å². The number of carbonyl (C=O) groups is 2. The van der Waals surface area contributed by atoms with Crippen LogP contribution in [0.5, 0.6) is 0 Å². The fraction of sp³-hybridized carbons (Fsp3) is 0.353. The van der Waals surface area contributed by atoms with Crippen molar-refractivity contribution < 1.29 is 14.7 Å². The van der Waals surface area contributed by atoms with E-state index in [0.717, 1.165) is 5.69 Å². The molecule has 1 aromatic heterocycles. The number of benzene rings is 1. The van der Waals surface area contributed by atoms with Crippen LogP contribution in [-0.4, -0.2) is 26.8 Å². The smallest absolute Gasteiger partial charge is 0.310 e. The molecule has 0 fully saturated rings. The van der Waals surface area contributed by atoms with Gasteiger partial charge in [-0.05, 0) is 30.5 Å². The lowest BCUT2D eigenvalue weighted by Gasteiger charge is -2.10. The lowest BCUT2D eigenvalue weighted by atomic mass is 10.0. The number of carbonyl (C=O) groups excluding carboxylic acids is 1. The Kier molecular flexibility index (Phi) is 4.83. The van der Waals surface area contributed by atoms with E-state index in [-0.39, 0.29) is 11.8 Å². The highest BCUT2D eigenvalue weighted by atomic mass is 16.4. The first-order valence-corrected chi connectivity index (χ1v) is 7.47.